The Morgan fingerprint density at radius 3 is 2.52 bits per heavy atom. The maximum Gasteiger partial charge on any atom is 0.251 e. The number of carbonyl (C=O) groups is 2. The highest BCUT2D eigenvalue weighted by atomic mass is 19.1. The number of benzene rings is 1. The van der Waals surface area contributed by atoms with Crippen molar-refractivity contribution in [3.05, 3.63) is 77.5 Å². The van der Waals surface area contributed by atoms with E-state index in [2.05, 4.69) is 25.3 Å². The van der Waals surface area contributed by atoms with Gasteiger partial charge in [-0.1, -0.05) is 0 Å². The highest BCUT2D eigenvalue weighted by Gasteiger charge is 2.27. The number of fused-ring (bicyclic) bond motifs is 1. The first-order chi connectivity index (χ1) is 14.0. The number of primary amides is 1. The molecule has 0 atom stereocenters. The Balaban J connectivity index is 1.86. The molecule has 10 heteroatoms. The first-order valence-electron chi connectivity index (χ1n) is 8.29. The molecule has 0 bridgehead atoms. The number of aromatic nitrogens is 4. The van der Waals surface area contributed by atoms with Crippen molar-refractivity contribution in [2.24, 2.45) is 5.73 Å². The van der Waals surface area contributed by atoms with E-state index >= 15 is 0 Å². The molecule has 4 aromatic rings. The molecule has 3 heterocycles. The zero-order valence-corrected chi connectivity index (χ0v) is 14.6. The monoisotopic (exact) mass is 394 g/mol. The van der Waals surface area contributed by atoms with Crippen LogP contribution in [0.4, 0.5) is 20.3 Å². The van der Waals surface area contributed by atoms with E-state index in [0.29, 0.717) is 5.69 Å². The van der Waals surface area contributed by atoms with E-state index in [4.69, 9.17) is 5.73 Å². The van der Waals surface area contributed by atoms with Gasteiger partial charge in [-0.15, -0.1) is 0 Å². The molecule has 0 unspecified atom stereocenters. The summed E-state index contributed by atoms with van der Waals surface area (Å²) in [5.74, 6) is -4.29. The first kappa shape index (κ1) is 18.2. The van der Waals surface area contributed by atoms with Crippen molar-refractivity contribution >= 4 is 34.2 Å². The topological polar surface area (TPSA) is 127 Å². The van der Waals surface area contributed by atoms with Crippen LogP contribution in [0.15, 0.2) is 49.2 Å². The van der Waals surface area contributed by atoms with E-state index in [1.54, 1.807) is 24.5 Å². The Bertz CT molecular complexity index is 1260. The number of amides is 1. The average molecular weight is 394 g/mol. The lowest BCUT2D eigenvalue weighted by Crippen LogP contribution is -2.17. The summed E-state index contributed by atoms with van der Waals surface area (Å²) >= 11 is 0. The Morgan fingerprint density at radius 2 is 1.79 bits per heavy atom. The van der Waals surface area contributed by atoms with Gasteiger partial charge >= 0.3 is 0 Å². The molecule has 0 spiro atoms. The highest BCUT2D eigenvalue weighted by molar-refractivity contribution is 6.18. The minimum Gasteiger partial charge on any atom is -0.366 e. The van der Waals surface area contributed by atoms with Gasteiger partial charge in [0.1, 0.15) is 29.4 Å². The molecule has 1 aromatic carbocycles. The Morgan fingerprint density at radius 1 is 1.03 bits per heavy atom. The minimum absolute atomic E-state index is 0.0726. The van der Waals surface area contributed by atoms with Crippen LogP contribution in [0.25, 0.3) is 11.0 Å². The fraction of sp³-hybridized carbons (Fsp3) is 0. The number of hydrogen-bond acceptors (Lipinski definition) is 6. The molecule has 0 saturated carbocycles. The fourth-order valence-corrected chi connectivity index (χ4v) is 2.89. The predicted molar refractivity (Wildman–Crippen MR) is 99.7 cm³/mol. The average Bonchev–Trinajstić information content (AvgIpc) is 3.14. The zero-order chi connectivity index (χ0) is 20.5. The number of carbonyl (C=O) groups excluding carboxylic acids is 2. The standard InChI is InChI=1S/C19H12F2N6O2/c20-12-2-1-10(17(22)29)15(21)14(12)16(28)11-7-24-18-13(11)19(26-8-25-18)27-9-3-5-23-6-4-9/h1-8H,(H2,22,29)(H2,23,24,25,26,27). The van der Waals surface area contributed by atoms with Crippen LogP contribution in [0.5, 0.6) is 0 Å². The van der Waals surface area contributed by atoms with Gasteiger partial charge in [-0.2, -0.15) is 0 Å². The SMILES string of the molecule is NC(=O)c1ccc(F)c(C(=O)c2c[nH]c3ncnc(Nc4ccncc4)c23)c1F. The van der Waals surface area contributed by atoms with Crippen LogP contribution in [0.2, 0.25) is 0 Å². The zero-order valence-electron chi connectivity index (χ0n) is 14.6. The van der Waals surface area contributed by atoms with Crippen LogP contribution in [-0.4, -0.2) is 31.6 Å². The molecule has 0 aliphatic rings. The molecule has 0 aliphatic heterocycles. The van der Waals surface area contributed by atoms with Gasteiger partial charge in [-0.3, -0.25) is 14.6 Å². The van der Waals surface area contributed by atoms with E-state index in [-0.39, 0.29) is 22.4 Å². The minimum atomic E-state index is -1.32. The number of hydrogen-bond donors (Lipinski definition) is 3. The quantitative estimate of drug-likeness (QED) is 0.447. The van der Waals surface area contributed by atoms with E-state index in [0.717, 1.165) is 12.1 Å². The van der Waals surface area contributed by atoms with E-state index < -0.39 is 34.5 Å². The molecule has 3 aromatic heterocycles. The Hall–Kier alpha value is -4.21. The van der Waals surface area contributed by atoms with Gasteiger partial charge in [0.25, 0.3) is 5.91 Å². The van der Waals surface area contributed by atoms with Gasteiger partial charge in [0.2, 0.25) is 5.78 Å². The van der Waals surface area contributed by atoms with Gasteiger partial charge in [0.15, 0.2) is 0 Å². The molecular weight excluding hydrogens is 382 g/mol. The summed E-state index contributed by atoms with van der Waals surface area (Å²) in [6.07, 6.45) is 5.66. The second kappa shape index (κ2) is 7.08. The lowest BCUT2D eigenvalue weighted by atomic mass is 9.99. The van der Waals surface area contributed by atoms with Gasteiger partial charge < -0.3 is 16.0 Å². The second-order valence-corrected chi connectivity index (χ2v) is 5.99. The van der Waals surface area contributed by atoms with Crippen molar-refractivity contribution in [3.8, 4) is 0 Å². The highest BCUT2D eigenvalue weighted by Crippen LogP contribution is 2.29. The maximum atomic E-state index is 14.6. The lowest BCUT2D eigenvalue weighted by Gasteiger charge is -2.09. The van der Waals surface area contributed by atoms with Crippen LogP contribution < -0.4 is 11.1 Å². The number of ketones is 1. The van der Waals surface area contributed by atoms with E-state index in [9.17, 15) is 18.4 Å². The molecule has 1 amide bonds. The third-order valence-electron chi connectivity index (χ3n) is 4.24. The summed E-state index contributed by atoms with van der Waals surface area (Å²) in [5.41, 5.74) is 4.47. The maximum absolute atomic E-state index is 14.6. The molecule has 8 nitrogen and oxygen atoms in total. The van der Waals surface area contributed by atoms with E-state index in [1.165, 1.54) is 12.5 Å². The van der Waals surface area contributed by atoms with Gasteiger partial charge in [-0.05, 0) is 24.3 Å². The van der Waals surface area contributed by atoms with Crippen LogP contribution in [-0.2, 0) is 0 Å². The number of pyridine rings is 1. The van der Waals surface area contributed by atoms with Crippen molar-refractivity contribution in [2.45, 2.75) is 0 Å². The number of aromatic amines is 1. The number of nitrogens with zero attached hydrogens (tertiary/aromatic N) is 3. The summed E-state index contributed by atoms with van der Waals surface area (Å²) in [4.78, 5) is 39.2. The smallest absolute Gasteiger partial charge is 0.251 e. The number of nitrogens with one attached hydrogen (secondary N) is 2. The molecule has 4 N–H and O–H groups in total. The molecule has 4 rings (SSSR count). The van der Waals surface area contributed by atoms with Gasteiger partial charge in [-0.25, -0.2) is 18.7 Å². The molecular formula is C19H12F2N6O2. The van der Waals surface area contributed by atoms with Crippen molar-refractivity contribution in [1.29, 1.82) is 0 Å². The summed E-state index contributed by atoms with van der Waals surface area (Å²) in [7, 11) is 0. The van der Waals surface area contributed by atoms with E-state index in [1.807, 2.05) is 0 Å². The Labute approximate surface area is 161 Å². The van der Waals surface area contributed by atoms with Crippen LogP contribution in [0, 0.1) is 11.6 Å². The van der Waals surface area contributed by atoms with Crippen molar-refractivity contribution < 1.29 is 18.4 Å². The fourth-order valence-electron chi connectivity index (χ4n) is 2.89. The summed E-state index contributed by atoms with van der Waals surface area (Å²) in [6, 6.07) is 5.06. The molecule has 0 saturated heterocycles. The van der Waals surface area contributed by atoms with Crippen molar-refractivity contribution in [3.63, 3.8) is 0 Å². The summed E-state index contributed by atoms with van der Waals surface area (Å²) < 4.78 is 29.0. The molecule has 29 heavy (non-hydrogen) atoms. The molecule has 0 fully saturated rings. The van der Waals surface area contributed by atoms with Gasteiger partial charge in [0.05, 0.1) is 22.1 Å². The number of nitrogens with two attached hydrogens (primary N) is 1. The largest absolute Gasteiger partial charge is 0.366 e. The normalized spacial score (nSPS) is 10.8. The number of halogens is 2. The van der Waals surface area contributed by atoms with Crippen molar-refractivity contribution in [2.75, 3.05) is 5.32 Å². The number of rotatable bonds is 5. The Kier molecular flexibility index (Phi) is 4.43. The number of H-pyrrole nitrogens is 1. The van der Waals surface area contributed by atoms with Gasteiger partial charge in [0, 0.05) is 24.3 Å². The van der Waals surface area contributed by atoms with Crippen LogP contribution >= 0.6 is 0 Å². The lowest BCUT2D eigenvalue weighted by molar-refractivity contribution is 0.0996. The molecule has 144 valence electrons. The molecule has 0 aliphatic carbocycles. The third-order valence-corrected chi connectivity index (χ3v) is 4.24. The second-order valence-electron chi connectivity index (χ2n) is 5.99. The molecule has 0 radical (unpaired) electrons. The van der Waals surface area contributed by atoms with Crippen LogP contribution in [0.1, 0.15) is 26.3 Å². The summed E-state index contributed by atoms with van der Waals surface area (Å²) in [6.45, 7) is 0. The third kappa shape index (κ3) is 3.16. The number of anilines is 2. The first-order valence-corrected chi connectivity index (χ1v) is 8.29. The van der Waals surface area contributed by atoms with Crippen LogP contribution in [0.3, 0.4) is 0 Å². The summed E-state index contributed by atoms with van der Waals surface area (Å²) in [5, 5.41) is 3.25. The predicted octanol–water partition coefficient (Wildman–Crippen LogP) is 2.70. The van der Waals surface area contributed by atoms with Crippen molar-refractivity contribution in [1.82, 2.24) is 19.9 Å².